The number of ketones is 1. The maximum absolute atomic E-state index is 12.5. The van der Waals surface area contributed by atoms with Crippen LogP contribution in [0.2, 0.25) is 5.02 Å². The zero-order valence-electron chi connectivity index (χ0n) is 20.8. The maximum atomic E-state index is 12.5. The summed E-state index contributed by atoms with van der Waals surface area (Å²) in [6.45, 7) is 2.98. The predicted octanol–water partition coefficient (Wildman–Crippen LogP) is 5.84. The van der Waals surface area contributed by atoms with Gasteiger partial charge in [-0.2, -0.15) is 0 Å². The van der Waals surface area contributed by atoms with Crippen molar-refractivity contribution >= 4 is 34.3 Å². The SMILES string of the molecule is CCOC(=O)C[C@@H](Cc1ccc(-c2cccc(Cl)c2)cc1)NCCOCC(=O)c1cc2ccccc2[nH]1. The predicted molar refractivity (Wildman–Crippen MR) is 147 cm³/mol. The molecule has 0 fully saturated rings. The van der Waals surface area contributed by atoms with E-state index in [4.69, 9.17) is 21.1 Å². The Kier molecular flexibility index (Phi) is 9.49. The van der Waals surface area contributed by atoms with Gasteiger partial charge in [0, 0.05) is 28.5 Å². The minimum Gasteiger partial charge on any atom is -0.466 e. The molecule has 7 heteroatoms. The minimum atomic E-state index is -0.245. The van der Waals surface area contributed by atoms with Crippen LogP contribution in [0.1, 0.15) is 29.4 Å². The molecule has 1 aromatic heterocycles. The van der Waals surface area contributed by atoms with Gasteiger partial charge in [0.25, 0.3) is 0 Å². The lowest BCUT2D eigenvalue weighted by Gasteiger charge is -2.18. The molecule has 37 heavy (non-hydrogen) atoms. The number of benzene rings is 3. The summed E-state index contributed by atoms with van der Waals surface area (Å²) in [5.74, 6) is -0.343. The number of aromatic amines is 1. The Morgan fingerprint density at radius 3 is 2.54 bits per heavy atom. The van der Waals surface area contributed by atoms with Gasteiger partial charge in [-0.05, 0) is 54.3 Å². The molecule has 0 amide bonds. The van der Waals surface area contributed by atoms with E-state index in [1.807, 2.05) is 54.6 Å². The van der Waals surface area contributed by atoms with E-state index in [0.29, 0.717) is 36.9 Å². The Hall–Kier alpha value is -3.45. The number of hydrogen-bond donors (Lipinski definition) is 2. The van der Waals surface area contributed by atoms with Gasteiger partial charge < -0.3 is 19.8 Å². The van der Waals surface area contributed by atoms with Crippen LogP contribution < -0.4 is 5.32 Å². The largest absolute Gasteiger partial charge is 0.466 e. The van der Waals surface area contributed by atoms with Crippen LogP contribution in [0.4, 0.5) is 0 Å². The van der Waals surface area contributed by atoms with Crippen LogP contribution >= 0.6 is 11.6 Å². The lowest BCUT2D eigenvalue weighted by atomic mass is 9.99. The first-order valence-electron chi connectivity index (χ1n) is 12.4. The quantitative estimate of drug-likeness (QED) is 0.132. The van der Waals surface area contributed by atoms with Crippen molar-refractivity contribution < 1.29 is 19.1 Å². The first-order valence-corrected chi connectivity index (χ1v) is 12.8. The van der Waals surface area contributed by atoms with E-state index in [-0.39, 0.29) is 30.8 Å². The average molecular weight is 519 g/mol. The van der Waals surface area contributed by atoms with Crippen LogP contribution in [-0.2, 0) is 20.7 Å². The number of para-hydroxylation sites is 1. The first kappa shape index (κ1) is 26.6. The van der Waals surface area contributed by atoms with E-state index < -0.39 is 0 Å². The number of rotatable bonds is 13. The lowest BCUT2D eigenvalue weighted by molar-refractivity contribution is -0.143. The lowest BCUT2D eigenvalue weighted by Crippen LogP contribution is -2.36. The van der Waals surface area contributed by atoms with E-state index in [0.717, 1.165) is 27.6 Å². The molecule has 0 spiro atoms. The molecule has 2 N–H and O–H groups in total. The zero-order chi connectivity index (χ0) is 26.0. The minimum absolute atomic E-state index is 0.0119. The van der Waals surface area contributed by atoms with Gasteiger partial charge in [0.05, 0.1) is 25.3 Å². The third-order valence-electron chi connectivity index (χ3n) is 6.06. The fraction of sp³-hybridized carbons (Fsp3) is 0.267. The number of Topliss-reactive ketones (excluding diaryl/α,β-unsaturated/α-hetero) is 1. The fourth-order valence-corrected chi connectivity index (χ4v) is 4.42. The highest BCUT2D eigenvalue weighted by Crippen LogP contribution is 2.23. The van der Waals surface area contributed by atoms with Gasteiger partial charge in [0.2, 0.25) is 5.78 Å². The number of H-pyrrole nitrogens is 1. The van der Waals surface area contributed by atoms with Crippen LogP contribution in [0.15, 0.2) is 78.9 Å². The van der Waals surface area contributed by atoms with Gasteiger partial charge in [0.1, 0.15) is 6.61 Å². The molecule has 0 unspecified atom stereocenters. The molecular formula is C30H31ClN2O4. The van der Waals surface area contributed by atoms with Gasteiger partial charge in [-0.15, -0.1) is 0 Å². The van der Waals surface area contributed by atoms with Gasteiger partial charge in [0.15, 0.2) is 0 Å². The molecule has 0 aliphatic heterocycles. The van der Waals surface area contributed by atoms with Crippen molar-refractivity contribution in [2.45, 2.75) is 25.8 Å². The van der Waals surface area contributed by atoms with Crippen molar-refractivity contribution in [1.29, 1.82) is 0 Å². The number of carbonyl (C=O) groups excluding carboxylic acids is 2. The number of carbonyl (C=O) groups is 2. The second-order valence-electron chi connectivity index (χ2n) is 8.82. The Labute approximate surface area is 221 Å². The van der Waals surface area contributed by atoms with Crippen molar-refractivity contribution in [1.82, 2.24) is 10.3 Å². The molecule has 0 saturated carbocycles. The molecule has 0 aliphatic rings. The third-order valence-corrected chi connectivity index (χ3v) is 6.29. The molecule has 1 atom stereocenters. The fourth-order valence-electron chi connectivity index (χ4n) is 4.22. The normalized spacial score (nSPS) is 11.9. The van der Waals surface area contributed by atoms with E-state index in [2.05, 4.69) is 34.6 Å². The Balaban J connectivity index is 1.28. The number of halogens is 1. The van der Waals surface area contributed by atoms with E-state index in [1.165, 1.54) is 0 Å². The molecular weight excluding hydrogens is 488 g/mol. The van der Waals surface area contributed by atoms with Gasteiger partial charge in [-0.3, -0.25) is 9.59 Å². The molecule has 4 rings (SSSR count). The molecule has 0 radical (unpaired) electrons. The van der Waals surface area contributed by atoms with Crippen molar-refractivity contribution in [2.24, 2.45) is 0 Å². The van der Waals surface area contributed by atoms with Crippen LogP contribution in [0.25, 0.3) is 22.0 Å². The molecule has 1 heterocycles. The maximum Gasteiger partial charge on any atom is 0.307 e. The highest BCUT2D eigenvalue weighted by molar-refractivity contribution is 6.30. The molecule has 0 bridgehead atoms. The molecule has 6 nitrogen and oxygen atoms in total. The standard InChI is InChI=1S/C30H31ClN2O4/c1-2-37-30(35)19-26(16-21-10-12-22(13-11-21)23-7-5-8-25(31)17-23)32-14-15-36-20-29(34)28-18-24-6-3-4-9-27(24)33-28/h3-13,17-18,26,32-33H,2,14-16,19-20H2,1H3/t26-/m1/s1. The van der Waals surface area contributed by atoms with Gasteiger partial charge in [-0.25, -0.2) is 0 Å². The van der Waals surface area contributed by atoms with E-state index >= 15 is 0 Å². The number of hydrogen-bond acceptors (Lipinski definition) is 5. The number of nitrogens with one attached hydrogen (secondary N) is 2. The second kappa shape index (κ2) is 13.2. The van der Waals surface area contributed by atoms with Crippen molar-refractivity contribution in [3.05, 3.63) is 95.1 Å². The van der Waals surface area contributed by atoms with Crippen molar-refractivity contribution in [3.63, 3.8) is 0 Å². The summed E-state index contributed by atoms with van der Waals surface area (Å²) in [4.78, 5) is 27.8. The van der Waals surface area contributed by atoms with Gasteiger partial charge >= 0.3 is 5.97 Å². The zero-order valence-corrected chi connectivity index (χ0v) is 21.6. The van der Waals surface area contributed by atoms with Crippen molar-refractivity contribution in [3.8, 4) is 11.1 Å². The number of esters is 1. The Morgan fingerprint density at radius 2 is 1.78 bits per heavy atom. The molecule has 3 aromatic carbocycles. The molecule has 0 aliphatic carbocycles. The second-order valence-corrected chi connectivity index (χ2v) is 9.25. The molecule has 192 valence electrons. The summed E-state index contributed by atoms with van der Waals surface area (Å²) in [7, 11) is 0. The summed E-state index contributed by atoms with van der Waals surface area (Å²) >= 11 is 6.12. The monoisotopic (exact) mass is 518 g/mol. The van der Waals surface area contributed by atoms with Crippen LogP contribution in [0.3, 0.4) is 0 Å². The Morgan fingerprint density at radius 1 is 0.973 bits per heavy atom. The average Bonchev–Trinajstić information content (AvgIpc) is 3.33. The van der Waals surface area contributed by atoms with Crippen LogP contribution in [0.5, 0.6) is 0 Å². The summed E-state index contributed by atoms with van der Waals surface area (Å²) < 4.78 is 10.8. The topological polar surface area (TPSA) is 80.4 Å². The number of fused-ring (bicyclic) bond motifs is 1. The highest BCUT2D eigenvalue weighted by atomic mass is 35.5. The van der Waals surface area contributed by atoms with E-state index in [1.54, 1.807) is 6.92 Å². The van der Waals surface area contributed by atoms with Crippen molar-refractivity contribution in [2.75, 3.05) is 26.4 Å². The third kappa shape index (κ3) is 7.76. The Bertz CT molecular complexity index is 1300. The number of aromatic nitrogens is 1. The smallest absolute Gasteiger partial charge is 0.307 e. The van der Waals surface area contributed by atoms with Gasteiger partial charge in [-0.1, -0.05) is 66.2 Å². The molecule has 0 saturated heterocycles. The first-order chi connectivity index (χ1) is 18.0. The highest BCUT2D eigenvalue weighted by Gasteiger charge is 2.16. The summed E-state index contributed by atoms with van der Waals surface area (Å²) in [5, 5.41) is 5.08. The van der Waals surface area contributed by atoms with Crippen LogP contribution in [-0.4, -0.2) is 49.1 Å². The molecule has 4 aromatic rings. The summed E-state index contributed by atoms with van der Waals surface area (Å²) in [6.07, 6.45) is 0.903. The number of ether oxygens (including phenoxy) is 2. The van der Waals surface area contributed by atoms with Crippen LogP contribution in [0, 0.1) is 0 Å². The summed E-state index contributed by atoms with van der Waals surface area (Å²) in [6, 6.07) is 25.5. The van der Waals surface area contributed by atoms with E-state index in [9.17, 15) is 9.59 Å². The summed E-state index contributed by atoms with van der Waals surface area (Å²) in [5.41, 5.74) is 4.70.